The first-order chi connectivity index (χ1) is 11.1. The van der Waals surface area contributed by atoms with E-state index in [9.17, 15) is 4.79 Å². The van der Waals surface area contributed by atoms with Gasteiger partial charge in [-0.3, -0.25) is 0 Å². The number of benzene rings is 1. The van der Waals surface area contributed by atoms with Crippen LogP contribution in [0.5, 0.6) is 5.75 Å². The van der Waals surface area contributed by atoms with Crippen molar-refractivity contribution in [1.29, 1.82) is 0 Å². The summed E-state index contributed by atoms with van der Waals surface area (Å²) in [6, 6.07) is 6.59. The Kier molecular flexibility index (Phi) is 10.8. The number of aromatic carboxylic acids is 1. The van der Waals surface area contributed by atoms with Crippen LogP contribution in [0.25, 0.3) is 0 Å². The summed E-state index contributed by atoms with van der Waals surface area (Å²) in [4.78, 5) is 11.4. The summed E-state index contributed by atoms with van der Waals surface area (Å²) in [5.41, 5.74) is 0.294. The van der Waals surface area contributed by atoms with E-state index in [4.69, 9.17) is 9.84 Å². The molecule has 0 amide bonds. The van der Waals surface area contributed by atoms with Crippen molar-refractivity contribution in [2.24, 2.45) is 0 Å². The number of carboxylic acid groups (broad SMARTS) is 1. The molecule has 1 atom stereocenters. The van der Waals surface area contributed by atoms with Crippen molar-refractivity contribution in [3.05, 3.63) is 29.8 Å². The molecule has 0 bridgehead atoms. The Morgan fingerprint density at radius 3 is 2.17 bits per heavy atom. The largest absolute Gasteiger partial charge is 0.494 e. The molecule has 0 heterocycles. The molecule has 0 saturated carbocycles. The van der Waals surface area contributed by atoms with Gasteiger partial charge in [0.25, 0.3) is 0 Å². The second-order valence-electron chi connectivity index (χ2n) is 5.95. The quantitative estimate of drug-likeness (QED) is 0.332. The molecular weight excluding hydrogens is 356 g/mol. The second kappa shape index (κ2) is 12.4. The maximum Gasteiger partial charge on any atom is 0.335 e. The first-order valence-electron chi connectivity index (χ1n) is 8.73. The topological polar surface area (TPSA) is 46.5 Å². The van der Waals surface area contributed by atoms with Crippen LogP contribution in [0, 0.1) is 0 Å². The van der Waals surface area contributed by atoms with E-state index < -0.39 is 5.97 Å². The monoisotopic (exact) mass is 384 g/mol. The van der Waals surface area contributed by atoms with Gasteiger partial charge in [-0.05, 0) is 43.5 Å². The Morgan fingerprint density at radius 2 is 1.61 bits per heavy atom. The van der Waals surface area contributed by atoms with Gasteiger partial charge in [-0.2, -0.15) is 0 Å². The van der Waals surface area contributed by atoms with Crippen LogP contribution in [-0.4, -0.2) is 22.5 Å². The first-order valence-corrected chi connectivity index (χ1v) is 9.65. The fourth-order valence-corrected chi connectivity index (χ4v) is 2.76. The summed E-state index contributed by atoms with van der Waals surface area (Å²) in [5.74, 6) is -0.159. The van der Waals surface area contributed by atoms with Crippen molar-refractivity contribution >= 4 is 21.9 Å². The summed E-state index contributed by atoms with van der Waals surface area (Å²) in [6.45, 7) is 2.93. The van der Waals surface area contributed by atoms with E-state index in [2.05, 4.69) is 22.9 Å². The highest BCUT2D eigenvalue weighted by Crippen LogP contribution is 2.16. The lowest BCUT2D eigenvalue weighted by Crippen LogP contribution is -1.99. The Bertz CT molecular complexity index is 431. The van der Waals surface area contributed by atoms with Crippen LogP contribution < -0.4 is 4.74 Å². The standard InChI is InChI=1S/C19H29BrO3/c1-2-17(20)10-8-6-4-3-5-7-9-15-23-18-13-11-16(12-14-18)19(21)22/h11-14,17H,2-10,15H2,1H3,(H,21,22). The molecule has 0 aliphatic carbocycles. The van der Waals surface area contributed by atoms with E-state index in [0.717, 1.165) is 12.2 Å². The first kappa shape index (κ1) is 20.0. The third kappa shape index (κ3) is 9.65. The van der Waals surface area contributed by atoms with E-state index in [1.807, 2.05) is 0 Å². The highest BCUT2D eigenvalue weighted by molar-refractivity contribution is 9.09. The minimum absolute atomic E-state index is 0.294. The van der Waals surface area contributed by atoms with Crippen LogP contribution in [0.3, 0.4) is 0 Å². The molecule has 130 valence electrons. The van der Waals surface area contributed by atoms with Gasteiger partial charge < -0.3 is 9.84 Å². The highest BCUT2D eigenvalue weighted by Gasteiger charge is 2.02. The van der Waals surface area contributed by atoms with Crippen molar-refractivity contribution in [3.8, 4) is 5.75 Å². The van der Waals surface area contributed by atoms with Gasteiger partial charge >= 0.3 is 5.97 Å². The van der Waals surface area contributed by atoms with Crippen molar-refractivity contribution in [2.75, 3.05) is 6.61 Å². The fourth-order valence-electron chi connectivity index (χ4n) is 2.44. The van der Waals surface area contributed by atoms with Gasteiger partial charge in [0, 0.05) is 4.83 Å². The fraction of sp³-hybridized carbons (Fsp3) is 0.632. The molecule has 1 unspecified atom stereocenters. The van der Waals surface area contributed by atoms with Crippen LogP contribution in [0.2, 0.25) is 0 Å². The lowest BCUT2D eigenvalue weighted by molar-refractivity contribution is 0.0697. The molecule has 0 spiro atoms. The second-order valence-corrected chi connectivity index (χ2v) is 7.24. The zero-order chi connectivity index (χ0) is 16.9. The van der Waals surface area contributed by atoms with Crippen LogP contribution in [0.15, 0.2) is 24.3 Å². The molecule has 1 rings (SSSR count). The van der Waals surface area contributed by atoms with Gasteiger partial charge in [-0.15, -0.1) is 0 Å². The molecule has 3 nitrogen and oxygen atoms in total. The highest BCUT2D eigenvalue weighted by atomic mass is 79.9. The summed E-state index contributed by atoms with van der Waals surface area (Å²) >= 11 is 3.68. The smallest absolute Gasteiger partial charge is 0.335 e. The zero-order valence-corrected chi connectivity index (χ0v) is 15.7. The van der Waals surface area contributed by atoms with Gasteiger partial charge in [0.05, 0.1) is 12.2 Å². The summed E-state index contributed by atoms with van der Waals surface area (Å²) < 4.78 is 5.63. The molecular formula is C19H29BrO3. The number of carboxylic acids is 1. The van der Waals surface area contributed by atoms with Crippen LogP contribution in [0.4, 0.5) is 0 Å². The third-order valence-electron chi connectivity index (χ3n) is 3.97. The molecule has 0 saturated heterocycles. The van der Waals surface area contributed by atoms with Gasteiger partial charge in [0.15, 0.2) is 0 Å². The van der Waals surface area contributed by atoms with Gasteiger partial charge in [0.2, 0.25) is 0 Å². The Labute approximate surface area is 148 Å². The zero-order valence-electron chi connectivity index (χ0n) is 14.1. The van der Waals surface area contributed by atoms with E-state index in [1.54, 1.807) is 24.3 Å². The van der Waals surface area contributed by atoms with Crippen molar-refractivity contribution in [1.82, 2.24) is 0 Å². The molecule has 4 heteroatoms. The molecule has 1 aromatic rings. The molecule has 23 heavy (non-hydrogen) atoms. The molecule has 0 aromatic heterocycles. The van der Waals surface area contributed by atoms with Crippen molar-refractivity contribution < 1.29 is 14.6 Å². The minimum atomic E-state index is -0.905. The maximum absolute atomic E-state index is 10.7. The minimum Gasteiger partial charge on any atom is -0.494 e. The summed E-state index contributed by atoms with van der Waals surface area (Å²) in [5, 5.41) is 8.82. The number of alkyl halides is 1. The number of hydrogen-bond acceptors (Lipinski definition) is 2. The summed E-state index contributed by atoms with van der Waals surface area (Å²) in [7, 11) is 0. The lowest BCUT2D eigenvalue weighted by Gasteiger charge is -2.07. The Morgan fingerprint density at radius 1 is 1.04 bits per heavy atom. The maximum atomic E-state index is 10.7. The number of ether oxygens (including phenoxy) is 1. The van der Waals surface area contributed by atoms with Crippen LogP contribution in [0.1, 0.15) is 75.1 Å². The Hall–Kier alpha value is -1.03. The van der Waals surface area contributed by atoms with Gasteiger partial charge in [-0.25, -0.2) is 4.79 Å². The normalized spacial score (nSPS) is 12.1. The molecule has 0 radical (unpaired) electrons. The average molecular weight is 385 g/mol. The molecule has 1 N–H and O–H groups in total. The number of hydrogen-bond donors (Lipinski definition) is 1. The van der Waals surface area contributed by atoms with Crippen LogP contribution >= 0.6 is 15.9 Å². The van der Waals surface area contributed by atoms with Crippen LogP contribution in [-0.2, 0) is 0 Å². The number of carbonyl (C=O) groups is 1. The average Bonchev–Trinajstić information content (AvgIpc) is 2.56. The summed E-state index contributed by atoms with van der Waals surface area (Å²) in [6.07, 6.45) is 11.4. The Balaban J connectivity index is 1.94. The number of halogens is 1. The van der Waals surface area contributed by atoms with Gasteiger partial charge in [0.1, 0.15) is 5.75 Å². The van der Waals surface area contributed by atoms with E-state index in [-0.39, 0.29) is 0 Å². The lowest BCUT2D eigenvalue weighted by atomic mass is 10.1. The third-order valence-corrected chi connectivity index (χ3v) is 5.08. The van der Waals surface area contributed by atoms with E-state index >= 15 is 0 Å². The predicted molar refractivity (Wildman–Crippen MR) is 98.8 cm³/mol. The van der Waals surface area contributed by atoms with E-state index in [0.29, 0.717) is 17.0 Å². The molecule has 0 aliphatic rings. The number of rotatable bonds is 13. The predicted octanol–water partition coefficient (Wildman–Crippen LogP) is 6.06. The van der Waals surface area contributed by atoms with Crippen molar-refractivity contribution in [2.45, 2.75) is 69.5 Å². The van der Waals surface area contributed by atoms with E-state index in [1.165, 1.54) is 51.4 Å². The molecule has 0 fully saturated rings. The molecule has 1 aromatic carbocycles. The number of unbranched alkanes of at least 4 members (excludes halogenated alkanes) is 6. The molecule has 0 aliphatic heterocycles. The van der Waals surface area contributed by atoms with Crippen molar-refractivity contribution in [3.63, 3.8) is 0 Å². The SMILES string of the molecule is CCC(Br)CCCCCCCCCOc1ccc(C(=O)O)cc1. The van der Waals surface area contributed by atoms with Gasteiger partial charge in [-0.1, -0.05) is 61.4 Å².